The molecule has 16 heteroatoms. The first-order valence-corrected chi connectivity index (χ1v) is 18.3. The van der Waals surface area contributed by atoms with Gasteiger partial charge in [0.1, 0.15) is 11.9 Å². The number of carbonyl (C=O) groups excluding carboxylic acids is 7. The van der Waals surface area contributed by atoms with Crippen LogP contribution in [-0.2, 0) is 19.2 Å². The molecule has 1 fully saturated rings. The Morgan fingerprint density at radius 1 is 0.964 bits per heavy atom. The summed E-state index contributed by atoms with van der Waals surface area (Å²) in [6, 6.07) is 7.94. The predicted octanol–water partition coefficient (Wildman–Crippen LogP) is 2.72. The van der Waals surface area contributed by atoms with Gasteiger partial charge in [0.15, 0.2) is 0 Å². The lowest BCUT2D eigenvalue weighted by atomic mass is 10.0. The minimum absolute atomic E-state index is 0.0438. The van der Waals surface area contributed by atoms with E-state index in [0.29, 0.717) is 90.6 Å². The molecule has 0 saturated carbocycles. The summed E-state index contributed by atoms with van der Waals surface area (Å²) in [7, 11) is 0. The van der Waals surface area contributed by atoms with Gasteiger partial charge in [0.25, 0.3) is 23.6 Å². The zero-order chi connectivity index (χ0) is 39.4. The molecule has 7 amide bonds. The molecule has 6 rings (SSSR count). The van der Waals surface area contributed by atoms with Crippen molar-refractivity contribution in [1.82, 2.24) is 30.7 Å². The first-order chi connectivity index (χ1) is 26.4. The number of benzene rings is 2. The van der Waals surface area contributed by atoms with Crippen LogP contribution in [0.4, 0.5) is 15.8 Å². The summed E-state index contributed by atoms with van der Waals surface area (Å²) in [5.74, 6) is -3.51. The molecule has 1 aromatic heterocycles. The minimum atomic E-state index is -1.04. The van der Waals surface area contributed by atoms with Gasteiger partial charge >= 0.3 is 0 Å². The molecule has 1 unspecified atom stereocenters. The van der Waals surface area contributed by atoms with Crippen LogP contribution in [0.2, 0.25) is 0 Å². The standard InChI is InChI=1S/C39H43FN8O7/c1-4-47(17-16-43-37(53)33-21(2)29(44-22(33)3)19-26-25-18-23(40)10-11-27(25)45-35(26)51)20-32(50)42-15-6-5-14-41-28-9-7-8-24-34(28)39(55)48(38(24)54)30-12-13-31(49)46-36(30)52/h7-11,18-19,30,41,44H,4-6,12-17,20H2,1-3H3,(H,42,50)(H,43,53)(H,45,51)(H,46,49,52)/b26-19-. The number of aryl methyl sites for hydroxylation is 1. The van der Waals surface area contributed by atoms with Crippen molar-refractivity contribution in [3.05, 3.63) is 81.4 Å². The van der Waals surface area contributed by atoms with E-state index in [1.807, 2.05) is 11.8 Å². The number of H-pyrrole nitrogens is 1. The highest BCUT2D eigenvalue weighted by molar-refractivity contribution is 6.35. The molecular formula is C39H43FN8O7. The van der Waals surface area contributed by atoms with Crippen molar-refractivity contribution < 1.29 is 38.0 Å². The first-order valence-electron chi connectivity index (χ1n) is 18.3. The van der Waals surface area contributed by atoms with Gasteiger partial charge in [-0.3, -0.25) is 48.7 Å². The van der Waals surface area contributed by atoms with Crippen LogP contribution < -0.4 is 26.6 Å². The number of hydrogen-bond donors (Lipinski definition) is 6. The van der Waals surface area contributed by atoms with Crippen LogP contribution in [0.3, 0.4) is 0 Å². The fraction of sp³-hybridized carbons (Fsp3) is 0.359. The minimum Gasteiger partial charge on any atom is -0.384 e. The maximum absolute atomic E-state index is 13.9. The number of unbranched alkanes of at least 4 members (excludes halogenated alkanes) is 1. The third-order valence-electron chi connectivity index (χ3n) is 9.99. The molecule has 6 N–H and O–H groups in total. The van der Waals surface area contributed by atoms with Gasteiger partial charge in [-0.1, -0.05) is 13.0 Å². The lowest BCUT2D eigenvalue weighted by Crippen LogP contribution is -2.54. The Kier molecular flexibility index (Phi) is 11.5. The Morgan fingerprint density at radius 2 is 1.75 bits per heavy atom. The molecule has 1 atom stereocenters. The maximum Gasteiger partial charge on any atom is 0.264 e. The van der Waals surface area contributed by atoms with E-state index in [0.717, 1.165) is 4.90 Å². The van der Waals surface area contributed by atoms with Crippen LogP contribution in [0.1, 0.15) is 86.2 Å². The highest BCUT2D eigenvalue weighted by Gasteiger charge is 2.45. The van der Waals surface area contributed by atoms with Gasteiger partial charge in [-0.15, -0.1) is 0 Å². The normalized spacial score (nSPS) is 17.0. The summed E-state index contributed by atoms with van der Waals surface area (Å²) in [5, 5.41) is 13.9. The van der Waals surface area contributed by atoms with Crippen LogP contribution in [0.25, 0.3) is 11.6 Å². The second-order valence-corrected chi connectivity index (χ2v) is 13.6. The lowest BCUT2D eigenvalue weighted by Gasteiger charge is -2.27. The summed E-state index contributed by atoms with van der Waals surface area (Å²) in [5.41, 5.74) is 4.43. The number of halogens is 1. The maximum atomic E-state index is 13.9. The molecule has 288 valence electrons. The highest BCUT2D eigenvalue weighted by atomic mass is 19.1. The van der Waals surface area contributed by atoms with Crippen molar-refractivity contribution in [3.8, 4) is 0 Å². The van der Waals surface area contributed by atoms with E-state index < -0.39 is 35.5 Å². The number of hydrogen-bond acceptors (Lipinski definition) is 9. The molecule has 1 saturated heterocycles. The number of piperidine rings is 1. The van der Waals surface area contributed by atoms with E-state index in [1.54, 1.807) is 38.1 Å². The van der Waals surface area contributed by atoms with Gasteiger partial charge in [0, 0.05) is 60.9 Å². The van der Waals surface area contributed by atoms with Gasteiger partial charge in [0.2, 0.25) is 17.7 Å². The van der Waals surface area contributed by atoms with Crippen molar-refractivity contribution >= 4 is 64.4 Å². The molecule has 0 radical (unpaired) electrons. The van der Waals surface area contributed by atoms with Crippen molar-refractivity contribution in [2.24, 2.45) is 0 Å². The lowest BCUT2D eigenvalue weighted by molar-refractivity contribution is -0.136. The number of imide groups is 2. The molecule has 15 nitrogen and oxygen atoms in total. The van der Waals surface area contributed by atoms with Crippen LogP contribution in [-0.4, -0.2) is 101 Å². The second-order valence-electron chi connectivity index (χ2n) is 13.6. The van der Waals surface area contributed by atoms with Gasteiger partial charge in [0.05, 0.1) is 28.8 Å². The molecule has 4 heterocycles. The summed E-state index contributed by atoms with van der Waals surface area (Å²) in [4.78, 5) is 94.8. The monoisotopic (exact) mass is 754 g/mol. The van der Waals surface area contributed by atoms with E-state index in [2.05, 4.69) is 31.6 Å². The zero-order valence-electron chi connectivity index (χ0n) is 30.8. The topological polar surface area (TPSA) is 202 Å². The van der Waals surface area contributed by atoms with Crippen LogP contribution in [0.15, 0.2) is 36.4 Å². The van der Waals surface area contributed by atoms with Crippen LogP contribution in [0, 0.1) is 19.7 Å². The average Bonchev–Trinajstić information content (AvgIpc) is 3.71. The molecule has 3 aromatic rings. The number of carbonyl (C=O) groups is 7. The average molecular weight is 755 g/mol. The summed E-state index contributed by atoms with van der Waals surface area (Å²) < 4.78 is 13.9. The fourth-order valence-electron chi connectivity index (χ4n) is 7.09. The van der Waals surface area contributed by atoms with Crippen LogP contribution in [0.5, 0.6) is 0 Å². The molecule has 55 heavy (non-hydrogen) atoms. The molecule has 2 aromatic carbocycles. The fourth-order valence-corrected chi connectivity index (χ4v) is 7.09. The first kappa shape index (κ1) is 38.6. The van der Waals surface area contributed by atoms with Gasteiger partial charge in [-0.25, -0.2) is 4.39 Å². The van der Waals surface area contributed by atoms with Crippen molar-refractivity contribution in [2.75, 3.05) is 49.9 Å². The van der Waals surface area contributed by atoms with Gasteiger partial charge < -0.3 is 26.3 Å². The second kappa shape index (κ2) is 16.5. The Labute approximate surface area is 316 Å². The number of anilines is 2. The number of aromatic amines is 1. The number of amides is 7. The van der Waals surface area contributed by atoms with Crippen molar-refractivity contribution in [3.63, 3.8) is 0 Å². The summed E-state index contributed by atoms with van der Waals surface area (Å²) >= 11 is 0. The Hall–Kier alpha value is -6.16. The van der Waals surface area contributed by atoms with E-state index in [-0.39, 0.29) is 48.2 Å². The van der Waals surface area contributed by atoms with Crippen molar-refractivity contribution in [2.45, 2.75) is 52.5 Å². The molecule has 0 spiro atoms. The molecule has 0 aliphatic carbocycles. The van der Waals surface area contributed by atoms with Gasteiger partial charge in [-0.05, 0) is 81.6 Å². The summed E-state index contributed by atoms with van der Waals surface area (Å²) in [6.07, 6.45) is 3.04. The van der Waals surface area contributed by atoms with E-state index >= 15 is 0 Å². The van der Waals surface area contributed by atoms with Crippen LogP contribution >= 0.6 is 0 Å². The Balaban J connectivity index is 0.920. The Bertz CT molecular complexity index is 2130. The zero-order valence-corrected chi connectivity index (χ0v) is 30.8. The molecule has 0 bridgehead atoms. The number of fused-ring (bicyclic) bond motifs is 2. The molecule has 3 aliphatic rings. The highest BCUT2D eigenvalue weighted by Crippen LogP contribution is 2.35. The quantitative estimate of drug-likeness (QED) is 0.0767. The molecular weight excluding hydrogens is 711 g/mol. The van der Waals surface area contributed by atoms with E-state index in [1.165, 1.54) is 18.2 Å². The SMILES string of the molecule is CCN(CCNC(=O)c1c(C)[nH]c(/C=C2\C(=O)Nc3ccc(F)cc32)c1C)CC(=O)NCCCCNc1cccc2c1C(=O)N(C1CCC(=O)NC1=O)C2=O. The third kappa shape index (κ3) is 8.18. The smallest absolute Gasteiger partial charge is 0.264 e. The predicted molar refractivity (Wildman–Crippen MR) is 201 cm³/mol. The number of rotatable bonds is 15. The van der Waals surface area contributed by atoms with E-state index in [4.69, 9.17) is 0 Å². The summed E-state index contributed by atoms with van der Waals surface area (Å²) in [6.45, 7) is 7.82. The number of likely N-dealkylation sites (N-methyl/N-ethyl adjacent to an activating group) is 1. The van der Waals surface area contributed by atoms with E-state index in [9.17, 15) is 38.0 Å². The Morgan fingerprint density at radius 3 is 2.51 bits per heavy atom. The number of nitrogens with one attached hydrogen (secondary N) is 6. The molecule has 3 aliphatic heterocycles. The van der Waals surface area contributed by atoms with Crippen molar-refractivity contribution in [1.29, 1.82) is 0 Å². The van der Waals surface area contributed by atoms with Gasteiger partial charge in [-0.2, -0.15) is 0 Å². The number of nitrogens with zero attached hydrogens (tertiary/aromatic N) is 2. The third-order valence-corrected chi connectivity index (χ3v) is 9.99. The largest absolute Gasteiger partial charge is 0.384 e. The number of aromatic nitrogens is 1.